The zero-order valence-electron chi connectivity index (χ0n) is 14.6. The Labute approximate surface area is 152 Å². The molecule has 0 aliphatic carbocycles. The molecule has 0 saturated carbocycles. The summed E-state index contributed by atoms with van der Waals surface area (Å²) in [5.41, 5.74) is 2.01. The molecule has 7 nitrogen and oxygen atoms in total. The predicted molar refractivity (Wildman–Crippen MR) is 102 cm³/mol. The van der Waals surface area contributed by atoms with Crippen LogP contribution in [0.4, 0.5) is 17.1 Å². The van der Waals surface area contributed by atoms with Crippen molar-refractivity contribution in [3.05, 3.63) is 48.5 Å². The molecule has 136 valence electrons. The van der Waals surface area contributed by atoms with Gasteiger partial charge in [0.15, 0.2) is 0 Å². The lowest BCUT2D eigenvalue weighted by atomic mass is 10.2. The van der Waals surface area contributed by atoms with Gasteiger partial charge in [0, 0.05) is 49.3 Å². The molecule has 26 heavy (non-hydrogen) atoms. The predicted octanol–water partition coefficient (Wildman–Crippen LogP) is 1.72. The molecular weight excluding hydrogens is 332 g/mol. The van der Waals surface area contributed by atoms with Gasteiger partial charge in [-0.3, -0.25) is 9.59 Å². The summed E-state index contributed by atoms with van der Waals surface area (Å²) < 4.78 is 0. The van der Waals surface area contributed by atoms with Crippen LogP contribution in [-0.2, 0) is 9.59 Å². The van der Waals surface area contributed by atoms with E-state index in [-0.39, 0.29) is 5.75 Å². The number of hydrogen-bond acceptors (Lipinski definition) is 5. The molecule has 2 amide bonds. The largest absolute Gasteiger partial charge is 0.508 e. The van der Waals surface area contributed by atoms with Gasteiger partial charge < -0.3 is 25.5 Å². The lowest BCUT2D eigenvalue weighted by Gasteiger charge is -2.34. The molecule has 1 aliphatic heterocycles. The van der Waals surface area contributed by atoms with Gasteiger partial charge in [-0.1, -0.05) is 6.07 Å². The number of aromatic hydroxyl groups is 1. The van der Waals surface area contributed by atoms with Crippen molar-refractivity contribution in [2.45, 2.75) is 0 Å². The van der Waals surface area contributed by atoms with Gasteiger partial charge in [0.2, 0.25) is 0 Å². The Bertz CT molecular complexity index is 784. The molecule has 1 fully saturated rings. The van der Waals surface area contributed by atoms with Gasteiger partial charge >= 0.3 is 11.8 Å². The molecule has 2 aromatic rings. The van der Waals surface area contributed by atoms with E-state index in [0.717, 1.165) is 31.9 Å². The van der Waals surface area contributed by atoms with E-state index in [1.54, 1.807) is 24.3 Å². The molecular formula is C19H22N4O3. The van der Waals surface area contributed by atoms with Crippen LogP contribution in [-0.4, -0.2) is 55.0 Å². The van der Waals surface area contributed by atoms with Crippen LogP contribution >= 0.6 is 0 Å². The summed E-state index contributed by atoms with van der Waals surface area (Å²) in [4.78, 5) is 28.6. The van der Waals surface area contributed by atoms with Gasteiger partial charge in [0.1, 0.15) is 5.75 Å². The Morgan fingerprint density at radius 2 is 1.50 bits per heavy atom. The van der Waals surface area contributed by atoms with Crippen molar-refractivity contribution in [1.82, 2.24) is 4.90 Å². The zero-order chi connectivity index (χ0) is 18.5. The van der Waals surface area contributed by atoms with Crippen molar-refractivity contribution < 1.29 is 14.7 Å². The molecule has 0 atom stereocenters. The zero-order valence-corrected chi connectivity index (χ0v) is 14.6. The number of rotatable bonds is 3. The summed E-state index contributed by atoms with van der Waals surface area (Å²) in [5.74, 6) is -1.54. The van der Waals surface area contributed by atoms with Crippen LogP contribution in [0.15, 0.2) is 48.5 Å². The summed E-state index contributed by atoms with van der Waals surface area (Å²) in [7, 11) is 2.11. The number of likely N-dealkylation sites (N-methyl/N-ethyl adjacent to an activating group) is 1. The molecule has 3 N–H and O–H groups in total. The first kappa shape index (κ1) is 17.8. The molecule has 1 aliphatic rings. The number of anilines is 3. The van der Waals surface area contributed by atoms with Crippen LogP contribution in [0.25, 0.3) is 0 Å². The minimum Gasteiger partial charge on any atom is -0.508 e. The second-order valence-electron chi connectivity index (χ2n) is 6.30. The highest BCUT2D eigenvalue weighted by Crippen LogP contribution is 2.19. The van der Waals surface area contributed by atoms with Crippen molar-refractivity contribution >= 4 is 28.9 Å². The number of carbonyl (C=O) groups excluding carboxylic acids is 2. The van der Waals surface area contributed by atoms with Crippen molar-refractivity contribution in [2.75, 3.05) is 48.8 Å². The van der Waals surface area contributed by atoms with Crippen LogP contribution in [0.1, 0.15) is 0 Å². The van der Waals surface area contributed by atoms with Gasteiger partial charge in [-0.25, -0.2) is 0 Å². The van der Waals surface area contributed by atoms with Crippen LogP contribution in [0, 0.1) is 0 Å². The highest BCUT2D eigenvalue weighted by atomic mass is 16.3. The van der Waals surface area contributed by atoms with Gasteiger partial charge in [0.05, 0.1) is 0 Å². The third kappa shape index (κ3) is 4.52. The quantitative estimate of drug-likeness (QED) is 0.731. The average Bonchev–Trinajstić information content (AvgIpc) is 2.63. The van der Waals surface area contributed by atoms with Crippen molar-refractivity contribution in [3.63, 3.8) is 0 Å². The number of benzene rings is 2. The summed E-state index contributed by atoms with van der Waals surface area (Å²) in [5, 5.41) is 14.4. The summed E-state index contributed by atoms with van der Waals surface area (Å²) >= 11 is 0. The Morgan fingerprint density at radius 1 is 0.885 bits per heavy atom. The third-order valence-electron chi connectivity index (χ3n) is 4.30. The van der Waals surface area contributed by atoms with Gasteiger partial charge in [-0.05, 0) is 43.4 Å². The number of phenolic OH excluding ortho intramolecular Hbond substituents is 1. The Balaban J connectivity index is 1.56. The molecule has 1 heterocycles. The number of nitrogens with zero attached hydrogens (tertiary/aromatic N) is 2. The molecule has 3 rings (SSSR count). The van der Waals surface area contributed by atoms with Crippen LogP contribution in [0.2, 0.25) is 0 Å². The lowest BCUT2D eigenvalue weighted by Crippen LogP contribution is -2.44. The maximum absolute atomic E-state index is 12.0. The van der Waals surface area contributed by atoms with Crippen molar-refractivity contribution in [1.29, 1.82) is 0 Å². The fourth-order valence-electron chi connectivity index (χ4n) is 2.78. The van der Waals surface area contributed by atoms with E-state index in [4.69, 9.17) is 0 Å². The Hall–Kier alpha value is -3.06. The van der Waals surface area contributed by atoms with Crippen LogP contribution in [0.3, 0.4) is 0 Å². The Kier molecular flexibility index (Phi) is 5.38. The fraction of sp³-hybridized carbons (Fsp3) is 0.263. The van der Waals surface area contributed by atoms with Gasteiger partial charge in [-0.15, -0.1) is 0 Å². The van der Waals surface area contributed by atoms with E-state index in [2.05, 4.69) is 27.5 Å². The smallest absolute Gasteiger partial charge is 0.314 e. The van der Waals surface area contributed by atoms with E-state index in [1.165, 1.54) is 12.1 Å². The molecule has 0 unspecified atom stereocenters. The first-order valence-electron chi connectivity index (χ1n) is 8.46. The number of phenols is 1. The number of carbonyl (C=O) groups is 2. The van der Waals surface area contributed by atoms with E-state index in [0.29, 0.717) is 11.4 Å². The van der Waals surface area contributed by atoms with Crippen LogP contribution in [0.5, 0.6) is 5.75 Å². The van der Waals surface area contributed by atoms with Crippen molar-refractivity contribution in [2.24, 2.45) is 0 Å². The third-order valence-corrected chi connectivity index (χ3v) is 4.30. The summed E-state index contributed by atoms with van der Waals surface area (Å²) in [6.07, 6.45) is 0. The minimum absolute atomic E-state index is 0.0164. The van der Waals surface area contributed by atoms with E-state index in [1.807, 2.05) is 12.1 Å². The second kappa shape index (κ2) is 7.88. The monoisotopic (exact) mass is 354 g/mol. The molecule has 0 bridgehead atoms. The second-order valence-corrected chi connectivity index (χ2v) is 6.30. The molecule has 2 aromatic carbocycles. The molecule has 0 spiro atoms. The van der Waals surface area contributed by atoms with Gasteiger partial charge in [0.25, 0.3) is 0 Å². The highest BCUT2D eigenvalue weighted by molar-refractivity contribution is 6.43. The first-order chi connectivity index (χ1) is 12.5. The number of amides is 2. The molecule has 0 radical (unpaired) electrons. The maximum atomic E-state index is 12.0. The van der Waals surface area contributed by atoms with Crippen LogP contribution < -0.4 is 15.5 Å². The molecule has 1 saturated heterocycles. The Morgan fingerprint density at radius 3 is 2.12 bits per heavy atom. The van der Waals surface area contributed by atoms with Crippen molar-refractivity contribution in [3.8, 4) is 5.75 Å². The standard InChI is InChI=1S/C19H22N4O3/c1-22-9-11-23(12-10-22)16-7-5-14(6-8-16)20-18(25)19(26)21-15-3-2-4-17(24)13-15/h2-8,13,24H,9-12H2,1H3,(H,20,25)(H,21,26). The number of piperazine rings is 1. The first-order valence-corrected chi connectivity index (χ1v) is 8.46. The highest BCUT2D eigenvalue weighted by Gasteiger charge is 2.16. The topological polar surface area (TPSA) is 84.9 Å². The SMILES string of the molecule is CN1CCN(c2ccc(NC(=O)C(=O)Nc3cccc(O)c3)cc2)CC1. The summed E-state index contributed by atoms with van der Waals surface area (Å²) in [6.45, 7) is 3.98. The van der Waals surface area contributed by atoms with E-state index < -0.39 is 11.8 Å². The summed E-state index contributed by atoms with van der Waals surface area (Å²) in [6, 6.07) is 13.5. The molecule has 7 heteroatoms. The number of hydrogen-bond donors (Lipinski definition) is 3. The normalized spacial score (nSPS) is 14.7. The van der Waals surface area contributed by atoms with E-state index in [9.17, 15) is 14.7 Å². The molecule has 0 aromatic heterocycles. The lowest BCUT2D eigenvalue weighted by molar-refractivity contribution is -0.132. The average molecular weight is 354 g/mol. The fourth-order valence-corrected chi connectivity index (χ4v) is 2.78. The van der Waals surface area contributed by atoms with E-state index >= 15 is 0 Å². The maximum Gasteiger partial charge on any atom is 0.314 e. The minimum atomic E-state index is -0.793. The van der Waals surface area contributed by atoms with Gasteiger partial charge in [-0.2, -0.15) is 0 Å². The number of nitrogens with one attached hydrogen (secondary N) is 2.